The van der Waals surface area contributed by atoms with Gasteiger partial charge in [-0.25, -0.2) is 9.97 Å². The summed E-state index contributed by atoms with van der Waals surface area (Å²) in [5.41, 5.74) is 23.9. The van der Waals surface area contributed by atoms with Gasteiger partial charge >= 0.3 is 0 Å². The summed E-state index contributed by atoms with van der Waals surface area (Å²) in [5.74, 6) is 1.15. The number of fused-ring (bicyclic) bond motifs is 14. The molecule has 0 N–H and O–H groups in total. The van der Waals surface area contributed by atoms with E-state index in [0.717, 1.165) is 78.5 Å². The molecule has 0 amide bonds. The summed E-state index contributed by atoms with van der Waals surface area (Å²) >= 11 is 0. The number of anilines is 6. The molecule has 0 bridgehead atoms. The number of aryl methyl sites for hydroxylation is 2. The predicted molar refractivity (Wildman–Crippen MR) is 325 cm³/mol. The van der Waals surface area contributed by atoms with Gasteiger partial charge in [0, 0.05) is 47.7 Å². The van der Waals surface area contributed by atoms with E-state index in [4.69, 9.17) is 18.8 Å². The maximum absolute atomic E-state index is 7.10. The van der Waals surface area contributed by atoms with Gasteiger partial charge < -0.3 is 18.6 Å². The highest BCUT2D eigenvalue weighted by Gasteiger charge is 2.55. The molecule has 0 radical (unpaired) electrons. The van der Waals surface area contributed by atoms with Crippen LogP contribution in [-0.4, -0.2) is 9.97 Å². The first-order valence-electron chi connectivity index (χ1n) is 27.5. The van der Waals surface area contributed by atoms with Crippen LogP contribution in [-0.2, 0) is 16.2 Å². The van der Waals surface area contributed by atoms with E-state index in [0.29, 0.717) is 22.9 Å². The first-order valence-corrected chi connectivity index (χ1v) is 27.5. The Labute approximate surface area is 462 Å². The minimum Gasteiger partial charge on any atom is -0.440 e. The lowest BCUT2D eigenvalue weighted by molar-refractivity contribution is 0.558. The molecule has 1 spiro atoms. The Morgan fingerprint density at radius 2 is 0.671 bits per heavy atom. The highest BCUT2D eigenvalue weighted by atomic mass is 16.4. The summed E-state index contributed by atoms with van der Waals surface area (Å²) in [6, 6.07) is 79.8. The summed E-state index contributed by atoms with van der Waals surface area (Å²) < 4.78 is 14.2. The number of benzene rings is 10. The first kappa shape index (κ1) is 48.1. The van der Waals surface area contributed by atoms with Gasteiger partial charge in [-0.1, -0.05) is 199 Å². The van der Waals surface area contributed by atoms with Crippen molar-refractivity contribution < 1.29 is 8.83 Å². The topological polar surface area (TPSA) is 58.5 Å². The molecule has 0 saturated carbocycles. The minimum absolute atomic E-state index is 0.0352. The van der Waals surface area contributed by atoms with Gasteiger partial charge in [0.15, 0.2) is 22.9 Å². The normalized spacial score (nSPS) is 13.2. The van der Waals surface area contributed by atoms with Crippen LogP contribution < -0.4 is 9.80 Å². The zero-order chi connectivity index (χ0) is 54.0. The van der Waals surface area contributed by atoms with Crippen LogP contribution in [0.1, 0.15) is 86.7 Å². The molecule has 0 aliphatic heterocycles. The van der Waals surface area contributed by atoms with Gasteiger partial charge in [0.1, 0.15) is 11.0 Å². The van der Waals surface area contributed by atoms with Crippen molar-refractivity contribution in [2.24, 2.45) is 0 Å². The minimum atomic E-state index is -0.844. The largest absolute Gasteiger partial charge is 0.440 e. The van der Waals surface area contributed by atoms with Crippen molar-refractivity contribution in [1.29, 1.82) is 0 Å². The first-order chi connectivity index (χ1) is 38.3. The van der Waals surface area contributed by atoms with Crippen LogP contribution in [0.2, 0.25) is 0 Å². The van der Waals surface area contributed by atoms with Gasteiger partial charge in [0.2, 0.25) is 0 Å². The van der Waals surface area contributed by atoms with E-state index >= 15 is 0 Å². The molecule has 0 atom stereocenters. The van der Waals surface area contributed by atoms with Crippen molar-refractivity contribution >= 4 is 56.3 Å². The number of oxazole rings is 2. The van der Waals surface area contributed by atoms with Crippen molar-refractivity contribution in [2.45, 2.75) is 71.6 Å². The maximum Gasteiger partial charge on any atom is 0.192 e. The average molecular weight is 1030 g/mol. The number of hydrogen-bond donors (Lipinski definition) is 0. The van der Waals surface area contributed by atoms with E-state index < -0.39 is 5.41 Å². The Bertz CT molecular complexity index is 4030. The monoisotopic (exact) mass is 1020 g/mol. The number of rotatable bonds is 8. The van der Waals surface area contributed by atoms with E-state index in [-0.39, 0.29) is 10.8 Å². The summed E-state index contributed by atoms with van der Waals surface area (Å²) in [7, 11) is 0. The van der Waals surface area contributed by atoms with Crippen LogP contribution in [0.25, 0.3) is 66.7 Å². The summed E-state index contributed by atoms with van der Waals surface area (Å²) in [5, 5.41) is 0. The van der Waals surface area contributed by atoms with Crippen LogP contribution in [0.3, 0.4) is 0 Å². The summed E-state index contributed by atoms with van der Waals surface area (Å²) in [6.45, 7) is 17.5. The molecule has 0 fully saturated rings. The molecular weight excluding hydrogens is 965 g/mol. The fraction of sp³-hybridized carbons (Fsp3) is 0.151. The Morgan fingerprint density at radius 1 is 0.354 bits per heavy atom. The van der Waals surface area contributed by atoms with Gasteiger partial charge in [-0.05, 0) is 138 Å². The second-order valence-corrected chi connectivity index (χ2v) is 23.4. The quantitative estimate of drug-likeness (QED) is 0.151. The molecule has 384 valence electrons. The average Bonchev–Trinajstić information content (AvgIpc) is 1.81. The molecule has 2 aliphatic carbocycles. The van der Waals surface area contributed by atoms with Gasteiger partial charge in [-0.3, -0.25) is 0 Å². The highest BCUT2D eigenvalue weighted by Crippen LogP contribution is 2.67. The van der Waals surface area contributed by atoms with E-state index in [2.05, 4.69) is 270 Å². The number of hydrogen-bond acceptors (Lipinski definition) is 6. The zero-order valence-electron chi connectivity index (χ0n) is 45.9. The number of nitrogens with zero attached hydrogens (tertiary/aromatic N) is 4. The zero-order valence-corrected chi connectivity index (χ0v) is 45.9. The fourth-order valence-electron chi connectivity index (χ4n) is 12.7. The maximum atomic E-state index is 7.10. The Morgan fingerprint density at radius 3 is 1.03 bits per heavy atom. The third-order valence-corrected chi connectivity index (χ3v) is 16.4. The lowest BCUT2D eigenvalue weighted by atomic mass is 9.70. The lowest BCUT2D eigenvalue weighted by Gasteiger charge is -2.33. The summed E-state index contributed by atoms with van der Waals surface area (Å²) in [4.78, 5) is 15.5. The second kappa shape index (κ2) is 17.9. The van der Waals surface area contributed by atoms with Crippen molar-refractivity contribution in [3.8, 4) is 44.5 Å². The van der Waals surface area contributed by atoms with Crippen LogP contribution >= 0.6 is 0 Å². The molecule has 6 nitrogen and oxygen atoms in total. The van der Waals surface area contributed by atoms with Crippen LogP contribution in [0.4, 0.5) is 34.1 Å². The molecule has 2 aromatic heterocycles. The van der Waals surface area contributed by atoms with E-state index in [1.54, 1.807) is 0 Å². The Kier molecular flexibility index (Phi) is 10.9. The molecule has 79 heavy (non-hydrogen) atoms. The Balaban J connectivity index is 1.08. The molecule has 0 unspecified atom stereocenters. The van der Waals surface area contributed by atoms with Gasteiger partial charge in [0.05, 0.1) is 16.8 Å². The van der Waals surface area contributed by atoms with E-state index in [1.165, 1.54) is 44.5 Å². The summed E-state index contributed by atoms with van der Waals surface area (Å²) in [6.07, 6.45) is 0. The van der Waals surface area contributed by atoms with Crippen molar-refractivity contribution in [2.75, 3.05) is 9.80 Å². The smallest absolute Gasteiger partial charge is 0.192 e. The molecular formula is C73H60N4O2. The van der Waals surface area contributed by atoms with Gasteiger partial charge in [0.25, 0.3) is 0 Å². The molecule has 2 aliphatic rings. The number of aromatic nitrogens is 2. The second-order valence-electron chi connectivity index (χ2n) is 23.4. The third kappa shape index (κ3) is 7.60. The standard InChI is InChI=1S/C73H60N4O2/c1-45-74-67-63(76(55-39-31-51(32-40-55)71(3,4)5)53-35-27-49(28-36-53)47-19-11-9-12-20-47)43-61-65(69(67)78-45)66-62(73(61)59-25-17-15-23-57(59)58-24-16-18-26-60(58)73)44-64(68-70(66)79-46(2)75-68)77(56-41-33-52(34-42-56)72(6,7)8)54-37-29-50(30-38-54)48-21-13-10-14-22-48/h9-44H,1-8H3. The lowest BCUT2D eigenvalue weighted by Crippen LogP contribution is -2.26. The molecule has 0 saturated heterocycles. The van der Waals surface area contributed by atoms with Crippen molar-refractivity contribution in [3.63, 3.8) is 0 Å². The van der Waals surface area contributed by atoms with Gasteiger partial charge in [-0.15, -0.1) is 0 Å². The highest BCUT2D eigenvalue weighted by molar-refractivity contribution is 6.15. The Hall–Kier alpha value is -9.26. The third-order valence-electron chi connectivity index (χ3n) is 16.4. The van der Waals surface area contributed by atoms with E-state index in [1.807, 2.05) is 13.8 Å². The predicted octanol–water partition coefficient (Wildman–Crippen LogP) is 19.8. The molecule has 14 rings (SSSR count). The van der Waals surface area contributed by atoms with Crippen LogP contribution in [0.5, 0.6) is 0 Å². The molecule has 2 heterocycles. The van der Waals surface area contributed by atoms with Crippen molar-refractivity contribution in [1.82, 2.24) is 9.97 Å². The fourth-order valence-corrected chi connectivity index (χ4v) is 12.7. The molecule has 12 aromatic rings. The van der Waals surface area contributed by atoms with Crippen LogP contribution in [0.15, 0.2) is 227 Å². The SMILES string of the molecule is Cc1nc2c(N(c3ccc(-c4ccccc4)cc3)c3ccc(C(C)(C)C)cc3)cc3c(c2o1)-c1c(cc(N(c2ccc(-c4ccccc4)cc2)c2ccc(C(C)(C)C)cc2)c2nc(C)oc12)C31c2ccccc2-c2ccccc21. The van der Waals surface area contributed by atoms with Crippen LogP contribution in [0, 0.1) is 13.8 Å². The molecule has 10 aromatic carbocycles. The van der Waals surface area contributed by atoms with E-state index in [9.17, 15) is 0 Å². The van der Waals surface area contributed by atoms with Crippen molar-refractivity contribution in [3.05, 3.63) is 264 Å². The molecule has 6 heteroatoms. The van der Waals surface area contributed by atoms with Gasteiger partial charge in [-0.2, -0.15) is 0 Å².